The summed E-state index contributed by atoms with van der Waals surface area (Å²) < 4.78 is 7.61. The summed E-state index contributed by atoms with van der Waals surface area (Å²) in [5.74, 6) is 2.33. The maximum absolute atomic E-state index is 5.47. The molecule has 0 bridgehead atoms. The van der Waals surface area contributed by atoms with Crippen LogP contribution in [0.15, 0.2) is 24.3 Å². The summed E-state index contributed by atoms with van der Waals surface area (Å²) in [7, 11) is 0. The molecule has 0 amide bonds. The minimum atomic E-state index is 0.465. The number of fused-ring (bicyclic) bond motifs is 3. The third-order valence-electron chi connectivity index (χ3n) is 5.51. The van der Waals surface area contributed by atoms with Crippen molar-refractivity contribution in [2.45, 2.75) is 38.0 Å². The van der Waals surface area contributed by atoms with E-state index in [1.54, 1.807) is 0 Å². The number of hydrogen-bond donors (Lipinski definition) is 1. The van der Waals surface area contributed by atoms with Crippen molar-refractivity contribution in [3.63, 3.8) is 0 Å². The molecule has 2 aromatic heterocycles. The normalized spacial score (nSPS) is 20.0. The molecule has 7 heteroatoms. The van der Waals surface area contributed by atoms with Gasteiger partial charge < -0.3 is 4.74 Å². The first kappa shape index (κ1) is 16.0. The van der Waals surface area contributed by atoms with Crippen molar-refractivity contribution in [3.8, 4) is 0 Å². The lowest BCUT2D eigenvalue weighted by Gasteiger charge is -2.28. The van der Waals surface area contributed by atoms with E-state index >= 15 is 0 Å². The first-order valence-electron chi connectivity index (χ1n) is 9.63. The highest BCUT2D eigenvalue weighted by atomic mass is 16.5. The van der Waals surface area contributed by atoms with Gasteiger partial charge >= 0.3 is 0 Å². The quantitative estimate of drug-likeness (QED) is 0.782. The van der Waals surface area contributed by atoms with E-state index in [1.807, 2.05) is 18.2 Å². The average Bonchev–Trinajstić information content (AvgIpc) is 3.15. The van der Waals surface area contributed by atoms with Gasteiger partial charge in [-0.2, -0.15) is 0 Å². The number of nitrogens with zero attached hydrogens (tertiary/aromatic N) is 5. The second kappa shape index (κ2) is 6.81. The molecule has 26 heavy (non-hydrogen) atoms. The van der Waals surface area contributed by atoms with Crippen LogP contribution in [-0.4, -0.2) is 50.9 Å². The van der Waals surface area contributed by atoms with Crippen molar-refractivity contribution in [1.29, 1.82) is 0 Å². The average molecular weight is 352 g/mol. The van der Waals surface area contributed by atoms with Gasteiger partial charge in [-0.05, 0) is 25.0 Å². The Morgan fingerprint density at radius 1 is 1.00 bits per heavy atom. The Hall–Kier alpha value is -2.25. The van der Waals surface area contributed by atoms with Crippen molar-refractivity contribution in [2.24, 2.45) is 0 Å². The Morgan fingerprint density at radius 3 is 2.65 bits per heavy atom. The number of rotatable bonds is 3. The smallest absolute Gasteiger partial charge is 0.225 e. The van der Waals surface area contributed by atoms with Crippen LogP contribution in [0.5, 0.6) is 0 Å². The standard InChI is InChI=1S/C19H24N6O/c1-2-6-14(7-3-1)17-21-22-18-15-8-4-5-9-16(15)20-19(25(17)18)23-24-10-12-26-13-11-24/h4-5,8-9,14H,1-3,6-7,10-13H2,(H,20,23). The van der Waals surface area contributed by atoms with Crippen LogP contribution in [0.2, 0.25) is 0 Å². The van der Waals surface area contributed by atoms with Crippen LogP contribution in [0, 0.1) is 0 Å². The molecule has 3 heterocycles. The Bertz CT molecular complexity index is 911. The van der Waals surface area contributed by atoms with Crippen LogP contribution in [0.1, 0.15) is 43.8 Å². The fourth-order valence-electron chi connectivity index (χ4n) is 4.12. The zero-order valence-electron chi connectivity index (χ0n) is 14.9. The number of ether oxygens (including phenoxy) is 1. The summed E-state index contributed by atoms with van der Waals surface area (Å²) in [6.07, 6.45) is 6.24. The first-order chi connectivity index (χ1) is 12.9. The zero-order valence-corrected chi connectivity index (χ0v) is 14.9. The summed E-state index contributed by atoms with van der Waals surface area (Å²) in [5.41, 5.74) is 5.35. The number of hydrogen-bond acceptors (Lipinski definition) is 6. The molecule has 1 saturated carbocycles. The predicted molar refractivity (Wildman–Crippen MR) is 100 cm³/mol. The number of nitrogens with one attached hydrogen (secondary N) is 1. The molecule has 1 aliphatic carbocycles. The molecule has 7 nitrogen and oxygen atoms in total. The monoisotopic (exact) mass is 352 g/mol. The lowest BCUT2D eigenvalue weighted by Crippen LogP contribution is -2.41. The maximum atomic E-state index is 5.47. The Morgan fingerprint density at radius 2 is 1.81 bits per heavy atom. The molecule has 1 aromatic carbocycles. The van der Waals surface area contributed by atoms with Gasteiger partial charge in [0.1, 0.15) is 5.82 Å². The van der Waals surface area contributed by atoms with Crippen molar-refractivity contribution >= 4 is 22.5 Å². The molecule has 0 radical (unpaired) electrons. The number of aromatic nitrogens is 4. The van der Waals surface area contributed by atoms with Crippen LogP contribution in [0.25, 0.3) is 16.6 Å². The lowest BCUT2D eigenvalue weighted by molar-refractivity contribution is 0.0492. The Kier molecular flexibility index (Phi) is 4.18. The fourth-order valence-corrected chi connectivity index (χ4v) is 4.12. The summed E-state index contributed by atoms with van der Waals surface area (Å²) in [6, 6.07) is 8.17. The summed E-state index contributed by atoms with van der Waals surface area (Å²) in [4.78, 5) is 4.91. The van der Waals surface area contributed by atoms with Gasteiger partial charge in [0.05, 0.1) is 18.7 Å². The summed E-state index contributed by atoms with van der Waals surface area (Å²) in [5, 5.41) is 12.4. The SMILES string of the molecule is c1ccc2c(c1)nc(NN1CCOCC1)n1c(C3CCCCC3)nnc21. The minimum absolute atomic E-state index is 0.465. The molecule has 0 spiro atoms. The molecule has 5 rings (SSSR count). The van der Waals surface area contributed by atoms with E-state index in [0.29, 0.717) is 5.92 Å². The van der Waals surface area contributed by atoms with Crippen LogP contribution < -0.4 is 5.43 Å². The van der Waals surface area contributed by atoms with Gasteiger partial charge in [-0.25, -0.2) is 14.4 Å². The van der Waals surface area contributed by atoms with Crippen molar-refractivity contribution < 1.29 is 4.74 Å². The van der Waals surface area contributed by atoms with E-state index in [9.17, 15) is 0 Å². The van der Waals surface area contributed by atoms with Crippen molar-refractivity contribution in [3.05, 3.63) is 30.1 Å². The van der Waals surface area contributed by atoms with Crippen molar-refractivity contribution in [2.75, 3.05) is 31.7 Å². The topological polar surface area (TPSA) is 67.6 Å². The molecule has 0 atom stereocenters. The summed E-state index contributed by atoms with van der Waals surface area (Å²) in [6.45, 7) is 3.16. The van der Waals surface area contributed by atoms with E-state index < -0.39 is 0 Å². The summed E-state index contributed by atoms with van der Waals surface area (Å²) >= 11 is 0. The molecule has 136 valence electrons. The first-order valence-corrected chi connectivity index (χ1v) is 9.63. The highest BCUT2D eigenvalue weighted by Gasteiger charge is 2.24. The van der Waals surface area contributed by atoms with Gasteiger partial charge in [-0.1, -0.05) is 31.4 Å². The Labute approximate surface area is 152 Å². The highest BCUT2D eigenvalue weighted by molar-refractivity contribution is 5.92. The zero-order chi connectivity index (χ0) is 17.3. The van der Waals surface area contributed by atoms with Crippen LogP contribution in [-0.2, 0) is 4.74 Å². The second-order valence-electron chi connectivity index (χ2n) is 7.22. The number of benzene rings is 1. The molecular formula is C19H24N6O. The number of para-hydroxylation sites is 1. The van der Waals surface area contributed by atoms with Gasteiger partial charge in [0.15, 0.2) is 5.65 Å². The van der Waals surface area contributed by atoms with Gasteiger partial charge in [-0.15, -0.1) is 10.2 Å². The number of hydrazine groups is 1. The predicted octanol–water partition coefficient (Wildman–Crippen LogP) is 2.98. The molecule has 1 aliphatic heterocycles. The van der Waals surface area contributed by atoms with Gasteiger partial charge in [0, 0.05) is 24.4 Å². The third kappa shape index (κ3) is 2.81. The fraction of sp³-hybridized carbons (Fsp3) is 0.526. The van der Waals surface area contributed by atoms with E-state index in [1.165, 1.54) is 32.1 Å². The largest absolute Gasteiger partial charge is 0.379 e. The van der Waals surface area contributed by atoms with E-state index in [2.05, 4.69) is 31.1 Å². The van der Waals surface area contributed by atoms with Crippen molar-refractivity contribution in [1.82, 2.24) is 24.6 Å². The van der Waals surface area contributed by atoms with Crippen LogP contribution in [0.4, 0.5) is 5.95 Å². The van der Waals surface area contributed by atoms with Gasteiger partial charge in [0.2, 0.25) is 5.95 Å². The van der Waals surface area contributed by atoms with Gasteiger partial charge in [-0.3, -0.25) is 5.43 Å². The lowest BCUT2D eigenvalue weighted by atomic mass is 9.89. The molecule has 0 unspecified atom stereocenters. The second-order valence-corrected chi connectivity index (χ2v) is 7.22. The van der Waals surface area contributed by atoms with Crippen LogP contribution >= 0.6 is 0 Å². The number of morpholine rings is 1. The Balaban J connectivity index is 1.64. The molecule has 1 N–H and O–H groups in total. The van der Waals surface area contributed by atoms with E-state index in [0.717, 1.165) is 54.6 Å². The van der Waals surface area contributed by atoms with E-state index in [4.69, 9.17) is 9.72 Å². The molecule has 1 saturated heterocycles. The molecule has 2 fully saturated rings. The third-order valence-corrected chi connectivity index (χ3v) is 5.51. The van der Waals surface area contributed by atoms with E-state index in [-0.39, 0.29) is 0 Å². The molecule has 2 aliphatic rings. The molecular weight excluding hydrogens is 328 g/mol. The molecule has 3 aromatic rings. The number of anilines is 1. The maximum Gasteiger partial charge on any atom is 0.225 e. The highest BCUT2D eigenvalue weighted by Crippen LogP contribution is 2.34. The minimum Gasteiger partial charge on any atom is -0.379 e. The van der Waals surface area contributed by atoms with Crippen LogP contribution in [0.3, 0.4) is 0 Å². The van der Waals surface area contributed by atoms with Gasteiger partial charge in [0.25, 0.3) is 0 Å².